The summed E-state index contributed by atoms with van der Waals surface area (Å²) in [5.74, 6) is 2.04. The predicted octanol–water partition coefficient (Wildman–Crippen LogP) is 3.91. The van der Waals surface area contributed by atoms with Gasteiger partial charge in [0.15, 0.2) is 11.5 Å². The van der Waals surface area contributed by atoms with Crippen molar-refractivity contribution in [1.29, 1.82) is 5.26 Å². The summed E-state index contributed by atoms with van der Waals surface area (Å²) in [7, 11) is 1.61. The van der Waals surface area contributed by atoms with Crippen molar-refractivity contribution >= 4 is 0 Å². The van der Waals surface area contributed by atoms with Gasteiger partial charge >= 0.3 is 0 Å². The molecule has 102 valence electrons. The second kappa shape index (κ2) is 6.47. The van der Waals surface area contributed by atoms with E-state index in [1.54, 1.807) is 19.2 Å². The van der Waals surface area contributed by atoms with Crippen LogP contribution < -0.4 is 9.47 Å². The minimum absolute atomic E-state index is 0.278. The lowest BCUT2D eigenvalue weighted by molar-refractivity contribution is 0.0873. The van der Waals surface area contributed by atoms with E-state index in [1.165, 1.54) is 19.3 Å². The molecule has 1 aliphatic rings. The second-order valence-corrected chi connectivity index (χ2v) is 5.09. The summed E-state index contributed by atoms with van der Waals surface area (Å²) in [4.78, 5) is 0. The Morgan fingerprint density at radius 2 is 2.05 bits per heavy atom. The number of methoxy groups -OCH3 is 1. The van der Waals surface area contributed by atoms with Crippen LogP contribution in [0.4, 0.5) is 0 Å². The van der Waals surface area contributed by atoms with Crippen LogP contribution in [0.15, 0.2) is 18.2 Å². The van der Waals surface area contributed by atoms with Crippen LogP contribution in [0.1, 0.15) is 44.6 Å². The average Bonchev–Trinajstić information content (AvgIpc) is 2.48. The minimum atomic E-state index is 0.278. The molecule has 1 aromatic carbocycles. The summed E-state index contributed by atoms with van der Waals surface area (Å²) < 4.78 is 11.5. The maximum Gasteiger partial charge on any atom is 0.162 e. The molecule has 0 saturated heterocycles. The Kier molecular flexibility index (Phi) is 4.68. The molecule has 0 N–H and O–H groups in total. The standard InChI is InChI=1S/C16H21NO2/c1-3-13-6-4-5-7-14(13)19-15-9-8-12(11-17)10-16(15)18-2/h8-10,13-14H,3-7H2,1-2H3. The van der Waals surface area contributed by atoms with Gasteiger partial charge in [0.2, 0.25) is 0 Å². The molecule has 0 amide bonds. The molecule has 1 saturated carbocycles. The van der Waals surface area contributed by atoms with Gasteiger partial charge in [-0.05, 0) is 43.7 Å². The molecule has 3 nitrogen and oxygen atoms in total. The van der Waals surface area contributed by atoms with E-state index in [4.69, 9.17) is 14.7 Å². The smallest absolute Gasteiger partial charge is 0.162 e. The molecule has 1 fully saturated rings. The van der Waals surface area contributed by atoms with Crippen LogP contribution in [0.3, 0.4) is 0 Å². The monoisotopic (exact) mass is 259 g/mol. The van der Waals surface area contributed by atoms with Gasteiger partial charge in [0, 0.05) is 6.07 Å². The van der Waals surface area contributed by atoms with E-state index < -0.39 is 0 Å². The Balaban J connectivity index is 2.15. The Morgan fingerprint density at radius 3 is 2.74 bits per heavy atom. The van der Waals surface area contributed by atoms with Crippen LogP contribution >= 0.6 is 0 Å². The highest BCUT2D eigenvalue weighted by Crippen LogP contribution is 2.34. The molecule has 0 bridgehead atoms. The maximum absolute atomic E-state index is 8.90. The molecule has 0 heterocycles. The van der Waals surface area contributed by atoms with Crippen molar-refractivity contribution in [2.45, 2.75) is 45.1 Å². The topological polar surface area (TPSA) is 42.2 Å². The van der Waals surface area contributed by atoms with Gasteiger partial charge in [-0.15, -0.1) is 0 Å². The average molecular weight is 259 g/mol. The third-order valence-corrected chi connectivity index (χ3v) is 3.93. The van der Waals surface area contributed by atoms with Gasteiger partial charge in [-0.25, -0.2) is 0 Å². The van der Waals surface area contributed by atoms with Crippen LogP contribution in [0.5, 0.6) is 11.5 Å². The summed E-state index contributed by atoms with van der Waals surface area (Å²) in [6, 6.07) is 7.48. The Labute approximate surface area is 115 Å². The highest BCUT2D eigenvalue weighted by atomic mass is 16.5. The predicted molar refractivity (Wildman–Crippen MR) is 74.4 cm³/mol. The molecule has 0 aromatic heterocycles. The number of benzene rings is 1. The third-order valence-electron chi connectivity index (χ3n) is 3.93. The molecule has 3 heteroatoms. The fraction of sp³-hybridized carbons (Fsp3) is 0.562. The van der Waals surface area contributed by atoms with Crippen LogP contribution in [0.25, 0.3) is 0 Å². The highest BCUT2D eigenvalue weighted by molar-refractivity contribution is 5.46. The molecule has 2 atom stereocenters. The molecular weight excluding hydrogens is 238 g/mol. The number of nitrogens with zero attached hydrogens (tertiary/aromatic N) is 1. The summed E-state index contributed by atoms with van der Waals surface area (Å²) >= 11 is 0. The number of nitriles is 1. The molecule has 2 unspecified atom stereocenters. The van der Waals surface area contributed by atoms with Crippen LogP contribution in [0.2, 0.25) is 0 Å². The van der Waals surface area contributed by atoms with E-state index in [0.717, 1.165) is 18.6 Å². The lowest BCUT2D eigenvalue weighted by Gasteiger charge is -2.31. The van der Waals surface area contributed by atoms with Crippen molar-refractivity contribution in [2.75, 3.05) is 7.11 Å². The first kappa shape index (κ1) is 13.7. The van der Waals surface area contributed by atoms with Crippen molar-refractivity contribution in [3.05, 3.63) is 23.8 Å². The Hall–Kier alpha value is -1.69. The lowest BCUT2D eigenvalue weighted by atomic mass is 9.85. The van der Waals surface area contributed by atoms with Gasteiger partial charge in [-0.3, -0.25) is 0 Å². The quantitative estimate of drug-likeness (QED) is 0.823. The fourth-order valence-electron chi connectivity index (χ4n) is 2.79. The van der Waals surface area contributed by atoms with Crippen molar-refractivity contribution in [2.24, 2.45) is 5.92 Å². The van der Waals surface area contributed by atoms with Crippen molar-refractivity contribution in [3.8, 4) is 17.6 Å². The van der Waals surface area contributed by atoms with E-state index in [0.29, 0.717) is 17.2 Å². The number of rotatable bonds is 4. The zero-order valence-corrected chi connectivity index (χ0v) is 11.7. The van der Waals surface area contributed by atoms with Gasteiger partial charge in [-0.2, -0.15) is 5.26 Å². The van der Waals surface area contributed by atoms with E-state index in [2.05, 4.69) is 13.0 Å². The first-order valence-corrected chi connectivity index (χ1v) is 7.03. The second-order valence-electron chi connectivity index (χ2n) is 5.09. The molecule has 19 heavy (non-hydrogen) atoms. The molecule has 0 aliphatic heterocycles. The number of hydrogen-bond acceptors (Lipinski definition) is 3. The molecule has 2 rings (SSSR count). The van der Waals surface area contributed by atoms with Gasteiger partial charge in [-0.1, -0.05) is 13.3 Å². The van der Waals surface area contributed by atoms with E-state index in [9.17, 15) is 0 Å². The Bertz CT molecular complexity index is 464. The third kappa shape index (κ3) is 3.20. The maximum atomic E-state index is 8.90. The zero-order chi connectivity index (χ0) is 13.7. The number of hydrogen-bond donors (Lipinski definition) is 0. The van der Waals surface area contributed by atoms with Gasteiger partial charge in [0.05, 0.1) is 18.7 Å². The van der Waals surface area contributed by atoms with Crippen molar-refractivity contribution < 1.29 is 9.47 Å². The summed E-state index contributed by atoms with van der Waals surface area (Å²) in [6.45, 7) is 2.22. The van der Waals surface area contributed by atoms with Gasteiger partial charge < -0.3 is 9.47 Å². The van der Waals surface area contributed by atoms with Crippen LogP contribution in [0, 0.1) is 17.2 Å². The summed E-state index contributed by atoms with van der Waals surface area (Å²) in [5.41, 5.74) is 0.597. The van der Waals surface area contributed by atoms with Crippen LogP contribution in [-0.2, 0) is 0 Å². The molecule has 1 aromatic rings. The normalized spacial score (nSPS) is 22.6. The summed E-state index contributed by atoms with van der Waals surface area (Å²) in [5, 5.41) is 8.90. The van der Waals surface area contributed by atoms with Crippen LogP contribution in [-0.4, -0.2) is 13.2 Å². The molecule has 0 spiro atoms. The van der Waals surface area contributed by atoms with E-state index in [1.807, 2.05) is 6.07 Å². The van der Waals surface area contributed by atoms with Gasteiger partial charge in [0.25, 0.3) is 0 Å². The SMILES string of the molecule is CCC1CCCCC1Oc1ccc(C#N)cc1OC. The van der Waals surface area contributed by atoms with Crippen molar-refractivity contribution in [3.63, 3.8) is 0 Å². The van der Waals surface area contributed by atoms with Gasteiger partial charge in [0.1, 0.15) is 6.10 Å². The lowest BCUT2D eigenvalue weighted by Crippen LogP contribution is -2.30. The first-order valence-electron chi connectivity index (χ1n) is 7.03. The first-order chi connectivity index (χ1) is 9.28. The molecular formula is C16H21NO2. The summed E-state index contributed by atoms with van der Waals surface area (Å²) in [6.07, 6.45) is 6.34. The highest BCUT2D eigenvalue weighted by Gasteiger charge is 2.26. The molecule has 1 aliphatic carbocycles. The number of ether oxygens (including phenoxy) is 2. The molecule has 0 radical (unpaired) electrons. The minimum Gasteiger partial charge on any atom is -0.493 e. The zero-order valence-electron chi connectivity index (χ0n) is 11.7. The fourth-order valence-corrected chi connectivity index (χ4v) is 2.79. The van der Waals surface area contributed by atoms with E-state index >= 15 is 0 Å². The van der Waals surface area contributed by atoms with E-state index in [-0.39, 0.29) is 6.10 Å². The van der Waals surface area contributed by atoms with Crippen molar-refractivity contribution in [1.82, 2.24) is 0 Å². The Morgan fingerprint density at radius 1 is 1.26 bits per heavy atom. The largest absolute Gasteiger partial charge is 0.493 e.